The number of ether oxygens (including phenoxy) is 2. The minimum absolute atomic E-state index is 0.263. The predicted molar refractivity (Wildman–Crippen MR) is 143 cm³/mol. The average Bonchev–Trinajstić information content (AvgIpc) is 2.88. The van der Waals surface area contributed by atoms with Crippen LogP contribution in [-0.4, -0.2) is 34.7 Å². The molecule has 0 radical (unpaired) electrons. The third kappa shape index (κ3) is 7.93. The maximum Gasteiger partial charge on any atom is 0.416 e. The minimum Gasteiger partial charge on any atom is -0.475 e. The Bertz CT molecular complexity index is 1220. The zero-order valence-corrected chi connectivity index (χ0v) is 23.4. The van der Waals surface area contributed by atoms with E-state index < -0.39 is 23.3 Å². The minimum atomic E-state index is -4.38. The first-order valence-corrected chi connectivity index (χ1v) is 13.1. The molecule has 3 rings (SSSR count). The highest BCUT2D eigenvalue weighted by Crippen LogP contribution is 2.31. The number of hydrogen-bond donors (Lipinski definition) is 0. The molecule has 0 fully saturated rings. The molecule has 204 valence electrons. The molecule has 0 bridgehead atoms. The second-order valence-electron chi connectivity index (χ2n) is 9.21. The summed E-state index contributed by atoms with van der Waals surface area (Å²) in [5, 5.41) is 0. The molecule has 38 heavy (non-hydrogen) atoms. The number of halogens is 4. The van der Waals surface area contributed by atoms with Crippen LogP contribution in [0.2, 0.25) is 0 Å². The summed E-state index contributed by atoms with van der Waals surface area (Å²) in [6, 6.07) is 10.7. The summed E-state index contributed by atoms with van der Waals surface area (Å²) in [5.74, 6) is 0.549. The predicted octanol–water partition coefficient (Wildman–Crippen LogP) is 6.79. The van der Waals surface area contributed by atoms with Gasteiger partial charge in [-0.3, -0.25) is 0 Å². The van der Waals surface area contributed by atoms with Crippen molar-refractivity contribution >= 4 is 27.8 Å². The van der Waals surface area contributed by atoms with Crippen LogP contribution in [0.3, 0.4) is 0 Å². The summed E-state index contributed by atoms with van der Waals surface area (Å²) in [7, 11) is 0. The van der Waals surface area contributed by atoms with E-state index in [0.717, 1.165) is 29.7 Å². The molecule has 6 nitrogen and oxygen atoms in total. The van der Waals surface area contributed by atoms with E-state index in [0.29, 0.717) is 41.2 Å². The van der Waals surface area contributed by atoms with Gasteiger partial charge in [0.05, 0.1) is 16.6 Å². The number of carbonyl (C=O) groups excluding carboxylic acids is 1. The van der Waals surface area contributed by atoms with Crippen molar-refractivity contribution in [3.8, 4) is 5.75 Å². The van der Waals surface area contributed by atoms with Gasteiger partial charge in [-0.2, -0.15) is 13.2 Å². The highest BCUT2D eigenvalue weighted by atomic mass is 79.9. The smallest absolute Gasteiger partial charge is 0.416 e. The zero-order chi connectivity index (χ0) is 27.9. The molecule has 0 spiro atoms. The summed E-state index contributed by atoms with van der Waals surface area (Å²) in [6.07, 6.45) is 0.548. The molecule has 0 saturated carbocycles. The second-order valence-corrected chi connectivity index (χ2v) is 10.1. The van der Waals surface area contributed by atoms with E-state index in [-0.39, 0.29) is 6.61 Å². The Hall–Kier alpha value is -3.14. The summed E-state index contributed by atoms with van der Waals surface area (Å²) >= 11 is 3.52. The van der Waals surface area contributed by atoms with Crippen molar-refractivity contribution in [3.05, 3.63) is 81.6 Å². The van der Waals surface area contributed by atoms with E-state index in [1.807, 2.05) is 24.0 Å². The third-order valence-corrected chi connectivity index (χ3v) is 6.46. The largest absolute Gasteiger partial charge is 0.475 e. The number of carbonyl (C=O) groups is 1. The lowest BCUT2D eigenvalue weighted by atomic mass is 10.1. The molecule has 0 unspecified atom stereocenters. The molecule has 0 aliphatic carbocycles. The lowest BCUT2D eigenvalue weighted by Gasteiger charge is -2.25. The van der Waals surface area contributed by atoms with Gasteiger partial charge in [-0.25, -0.2) is 14.8 Å². The molecule has 2 aromatic carbocycles. The lowest BCUT2D eigenvalue weighted by molar-refractivity contribution is -0.158. The highest BCUT2D eigenvalue weighted by Gasteiger charge is 2.32. The number of esters is 1. The highest BCUT2D eigenvalue weighted by molar-refractivity contribution is 9.10. The molecule has 1 aromatic heterocycles. The Morgan fingerprint density at radius 2 is 1.61 bits per heavy atom. The number of aromatic nitrogens is 2. The van der Waals surface area contributed by atoms with Gasteiger partial charge in [0, 0.05) is 25.5 Å². The van der Waals surface area contributed by atoms with Gasteiger partial charge in [0.1, 0.15) is 5.75 Å². The molecule has 0 saturated heterocycles. The van der Waals surface area contributed by atoms with Gasteiger partial charge in [-0.1, -0.05) is 25.1 Å². The monoisotopic (exact) mass is 593 g/mol. The van der Waals surface area contributed by atoms with Gasteiger partial charge in [0.25, 0.3) is 0 Å². The van der Waals surface area contributed by atoms with E-state index in [1.54, 1.807) is 39.2 Å². The Morgan fingerprint density at radius 3 is 2.16 bits per heavy atom. The van der Waals surface area contributed by atoms with Crippen LogP contribution in [0, 0.1) is 0 Å². The molecular formula is C28H31BrF3N3O3. The van der Waals surface area contributed by atoms with Crippen molar-refractivity contribution in [3.63, 3.8) is 0 Å². The lowest BCUT2D eigenvalue weighted by Crippen LogP contribution is -2.39. The van der Waals surface area contributed by atoms with Crippen molar-refractivity contribution < 1.29 is 27.4 Å². The average molecular weight is 594 g/mol. The Balaban J connectivity index is 1.76. The number of alkyl halides is 3. The van der Waals surface area contributed by atoms with Crippen LogP contribution in [0.4, 0.5) is 19.1 Å². The van der Waals surface area contributed by atoms with Gasteiger partial charge in [-0.05, 0) is 90.5 Å². The fraction of sp³-hybridized carbons (Fsp3) is 0.393. The molecule has 3 aromatic rings. The van der Waals surface area contributed by atoms with Gasteiger partial charge in [0.15, 0.2) is 5.60 Å². The number of benzene rings is 2. The summed E-state index contributed by atoms with van der Waals surface area (Å²) in [5.41, 5.74) is 0.858. The molecule has 0 aliphatic rings. The van der Waals surface area contributed by atoms with Crippen molar-refractivity contribution in [2.75, 3.05) is 18.1 Å². The second kappa shape index (κ2) is 12.6. The summed E-state index contributed by atoms with van der Waals surface area (Å²) in [6.45, 7) is 8.18. The number of aryl methyl sites for hydroxylation is 1. The first-order chi connectivity index (χ1) is 17.9. The van der Waals surface area contributed by atoms with Crippen LogP contribution in [0.1, 0.15) is 49.9 Å². The molecule has 0 atom stereocenters. The molecule has 0 N–H and O–H groups in total. The van der Waals surface area contributed by atoms with Crippen molar-refractivity contribution in [1.29, 1.82) is 0 Å². The van der Waals surface area contributed by atoms with Crippen molar-refractivity contribution in [1.82, 2.24) is 9.97 Å². The first-order valence-electron chi connectivity index (χ1n) is 12.3. The van der Waals surface area contributed by atoms with Crippen LogP contribution in [-0.2, 0) is 35.1 Å². The standard InChI is InChI=1S/C28H31BrF3N3O3/c1-5-19-16-33-26(34-17-19)35(18-21-7-10-22(11-8-21)28(30,31)32)14-13-20-9-12-24(23(29)15-20)38-27(3,4)25(36)37-6-2/h7-12,15-17H,5-6,13-14,18H2,1-4H3. The van der Waals surface area contributed by atoms with Gasteiger partial charge in [-0.15, -0.1) is 0 Å². The number of hydrogen-bond acceptors (Lipinski definition) is 6. The van der Waals surface area contributed by atoms with Crippen molar-refractivity contribution in [2.24, 2.45) is 0 Å². The van der Waals surface area contributed by atoms with Crippen molar-refractivity contribution in [2.45, 2.75) is 58.9 Å². The molecule has 1 heterocycles. The van der Waals surface area contributed by atoms with Gasteiger partial charge < -0.3 is 14.4 Å². The van der Waals surface area contributed by atoms with Crippen LogP contribution in [0.5, 0.6) is 5.75 Å². The number of nitrogens with zero attached hydrogens (tertiary/aromatic N) is 3. The fourth-order valence-corrected chi connectivity index (χ4v) is 4.14. The molecule has 0 aliphatic heterocycles. The molecule has 0 amide bonds. The topological polar surface area (TPSA) is 64.6 Å². The van der Waals surface area contributed by atoms with Crippen LogP contribution in [0.15, 0.2) is 59.3 Å². The Labute approximate surface area is 229 Å². The quantitative estimate of drug-likeness (QED) is 0.228. The van der Waals surface area contributed by atoms with Gasteiger partial charge in [0.2, 0.25) is 5.95 Å². The fourth-order valence-electron chi connectivity index (χ4n) is 3.63. The van der Waals surface area contributed by atoms with E-state index in [4.69, 9.17) is 9.47 Å². The number of anilines is 1. The molecule has 10 heteroatoms. The molecular weight excluding hydrogens is 563 g/mol. The van der Waals surface area contributed by atoms with E-state index >= 15 is 0 Å². The van der Waals surface area contributed by atoms with Gasteiger partial charge >= 0.3 is 12.1 Å². The maximum atomic E-state index is 13.0. The van der Waals surface area contributed by atoms with Crippen LogP contribution < -0.4 is 9.64 Å². The van der Waals surface area contributed by atoms with Crippen LogP contribution >= 0.6 is 15.9 Å². The number of rotatable bonds is 11. The Morgan fingerprint density at radius 1 is 0.974 bits per heavy atom. The van der Waals surface area contributed by atoms with E-state index in [9.17, 15) is 18.0 Å². The summed E-state index contributed by atoms with van der Waals surface area (Å²) in [4.78, 5) is 23.1. The van der Waals surface area contributed by atoms with E-state index in [2.05, 4.69) is 25.9 Å². The summed E-state index contributed by atoms with van der Waals surface area (Å²) < 4.78 is 50.6. The third-order valence-electron chi connectivity index (χ3n) is 5.84. The normalized spacial score (nSPS) is 11.8. The SMILES string of the molecule is CCOC(=O)C(C)(C)Oc1ccc(CCN(Cc2ccc(C(F)(F)F)cc2)c2ncc(CC)cn2)cc1Br. The van der Waals surface area contributed by atoms with Crippen LogP contribution in [0.25, 0.3) is 0 Å². The first kappa shape index (κ1) is 29.4. The van der Waals surface area contributed by atoms with E-state index in [1.165, 1.54) is 12.1 Å². The maximum absolute atomic E-state index is 13.0. The Kier molecular flexibility index (Phi) is 9.76. The zero-order valence-electron chi connectivity index (χ0n) is 21.8.